The highest BCUT2D eigenvalue weighted by Crippen LogP contribution is 2.42. The van der Waals surface area contributed by atoms with Crippen molar-refractivity contribution < 1.29 is 36.6 Å². The molecule has 26 heavy (non-hydrogen) atoms. The lowest BCUT2D eigenvalue weighted by molar-refractivity contribution is -0.175. The number of carboxylic acids is 1. The number of ether oxygens (including phenoxy) is 1. The maximum atomic E-state index is 14.3. The van der Waals surface area contributed by atoms with E-state index in [0.717, 1.165) is 24.3 Å². The van der Waals surface area contributed by atoms with Crippen molar-refractivity contribution in [2.75, 3.05) is 0 Å². The Bertz CT molecular complexity index is 913. The van der Waals surface area contributed by atoms with Crippen LogP contribution in [0.2, 0.25) is 0 Å². The fourth-order valence-electron chi connectivity index (χ4n) is 1.94. The third-order valence-corrected chi connectivity index (χ3v) is 3.99. The smallest absolute Gasteiger partial charge is 0.378 e. The molecule has 0 spiro atoms. The van der Waals surface area contributed by atoms with Crippen molar-refractivity contribution in [1.29, 1.82) is 5.26 Å². The summed E-state index contributed by atoms with van der Waals surface area (Å²) in [5, 5.41) is 17.1. The summed E-state index contributed by atoms with van der Waals surface area (Å²) < 4.78 is 72.4. The lowest BCUT2D eigenvalue weighted by Gasteiger charge is -2.18. The second-order valence-electron chi connectivity index (χ2n) is 4.96. The monoisotopic (exact) mass is 435 g/mol. The van der Waals surface area contributed by atoms with Crippen molar-refractivity contribution in [2.24, 2.45) is 0 Å². The maximum absolute atomic E-state index is 14.3. The Morgan fingerprint density at radius 2 is 1.92 bits per heavy atom. The molecule has 2 aromatic rings. The molecule has 0 bridgehead atoms. The Labute approximate surface area is 151 Å². The molecule has 1 unspecified atom stereocenters. The fraction of sp³-hybridized carbons (Fsp3) is 0.125. The van der Waals surface area contributed by atoms with Crippen molar-refractivity contribution in [1.82, 2.24) is 0 Å². The highest BCUT2D eigenvalue weighted by Gasteiger charge is 2.50. The third kappa shape index (κ3) is 3.77. The minimum Gasteiger partial charge on any atom is -0.477 e. The maximum Gasteiger partial charge on any atom is 0.378 e. The predicted octanol–water partition coefficient (Wildman–Crippen LogP) is 5.12. The number of benzene rings is 2. The van der Waals surface area contributed by atoms with Gasteiger partial charge < -0.3 is 9.84 Å². The van der Waals surface area contributed by atoms with Crippen LogP contribution >= 0.6 is 15.9 Å². The SMILES string of the molecule is N#Cc1cc(F)cc(Oc2ccc(C(F)C(F)(F)C(=O)O)c(Br)c2F)c1. The molecule has 0 radical (unpaired) electrons. The molecule has 1 N–H and O–H groups in total. The van der Waals surface area contributed by atoms with E-state index >= 15 is 0 Å². The van der Waals surface area contributed by atoms with Crippen molar-refractivity contribution in [3.8, 4) is 17.6 Å². The van der Waals surface area contributed by atoms with Gasteiger partial charge in [0.1, 0.15) is 11.6 Å². The second kappa shape index (κ2) is 7.29. The van der Waals surface area contributed by atoms with Gasteiger partial charge in [0.25, 0.3) is 0 Å². The standard InChI is InChI=1S/C16H7BrF5NO3/c17-12-10(14(20)16(21,22)15(24)25)1-2-11(13(12)19)26-9-4-7(6-23)3-8(18)5-9/h1-5,14H,(H,24,25). The first-order valence-corrected chi connectivity index (χ1v) is 7.49. The number of hydrogen-bond donors (Lipinski definition) is 1. The molecule has 0 fully saturated rings. The molecule has 0 aliphatic carbocycles. The molecule has 1 atom stereocenters. The lowest BCUT2D eigenvalue weighted by atomic mass is 10.0. The van der Waals surface area contributed by atoms with Crippen molar-refractivity contribution >= 4 is 21.9 Å². The highest BCUT2D eigenvalue weighted by molar-refractivity contribution is 9.10. The topological polar surface area (TPSA) is 70.3 Å². The number of carboxylic acid groups (broad SMARTS) is 1. The van der Waals surface area contributed by atoms with E-state index in [1.54, 1.807) is 6.07 Å². The summed E-state index contributed by atoms with van der Waals surface area (Å²) in [4.78, 5) is 10.4. The molecular formula is C16H7BrF5NO3. The summed E-state index contributed by atoms with van der Waals surface area (Å²) in [5.41, 5.74) is -1.06. The molecule has 0 aliphatic heterocycles. The number of carbonyl (C=O) groups is 1. The Balaban J connectivity index is 2.40. The molecule has 2 aromatic carbocycles. The van der Waals surface area contributed by atoms with Crippen LogP contribution in [0.3, 0.4) is 0 Å². The zero-order valence-corrected chi connectivity index (χ0v) is 14.0. The van der Waals surface area contributed by atoms with E-state index in [1.807, 2.05) is 0 Å². The van der Waals surface area contributed by atoms with Crippen LogP contribution in [0, 0.1) is 23.0 Å². The number of aliphatic carboxylic acids is 1. The molecule has 0 heterocycles. The first-order valence-electron chi connectivity index (χ1n) is 6.69. The summed E-state index contributed by atoms with van der Waals surface area (Å²) in [5.74, 6) is -10.5. The van der Waals surface area contributed by atoms with Crippen molar-refractivity contribution in [3.63, 3.8) is 0 Å². The zero-order valence-electron chi connectivity index (χ0n) is 12.4. The van der Waals surface area contributed by atoms with E-state index in [-0.39, 0.29) is 11.3 Å². The Hall–Kier alpha value is -2.67. The van der Waals surface area contributed by atoms with E-state index in [2.05, 4.69) is 15.9 Å². The zero-order chi connectivity index (χ0) is 19.6. The summed E-state index contributed by atoms with van der Waals surface area (Å²) in [7, 11) is 0. The van der Waals surface area contributed by atoms with Gasteiger partial charge in [0.15, 0.2) is 11.6 Å². The van der Waals surface area contributed by atoms with E-state index in [4.69, 9.17) is 15.1 Å². The van der Waals surface area contributed by atoms with Crippen LogP contribution in [0.25, 0.3) is 0 Å². The van der Waals surface area contributed by atoms with Gasteiger partial charge in [-0.05, 0) is 34.1 Å². The van der Waals surface area contributed by atoms with Crippen molar-refractivity contribution in [3.05, 3.63) is 57.6 Å². The Kier molecular flexibility index (Phi) is 5.51. The van der Waals surface area contributed by atoms with Gasteiger partial charge in [0.05, 0.1) is 16.1 Å². The van der Waals surface area contributed by atoms with Gasteiger partial charge in [-0.3, -0.25) is 0 Å². The normalized spacial score (nSPS) is 12.3. The first kappa shape index (κ1) is 19.7. The summed E-state index contributed by atoms with van der Waals surface area (Å²) >= 11 is 2.58. The highest BCUT2D eigenvalue weighted by atomic mass is 79.9. The molecule has 10 heteroatoms. The Morgan fingerprint density at radius 1 is 1.27 bits per heavy atom. The molecule has 0 saturated carbocycles. The van der Waals surface area contributed by atoms with Crippen molar-refractivity contribution in [2.45, 2.75) is 12.1 Å². The minimum atomic E-state index is -4.78. The van der Waals surface area contributed by atoms with E-state index < -0.39 is 45.5 Å². The van der Waals surface area contributed by atoms with Crippen LogP contribution in [-0.2, 0) is 4.79 Å². The molecule has 2 rings (SSSR count). The molecular weight excluding hydrogens is 429 g/mol. The van der Waals surface area contributed by atoms with Gasteiger partial charge in [-0.1, -0.05) is 6.07 Å². The molecule has 0 saturated heterocycles. The quantitative estimate of drug-likeness (QED) is 0.661. The number of rotatable bonds is 5. The van der Waals surface area contributed by atoms with Crippen LogP contribution in [-0.4, -0.2) is 17.0 Å². The fourth-order valence-corrected chi connectivity index (χ4v) is 2.47. The minimum absolute atomic E-state index is 0.110. The average molecular weight is 436 g/mol. The summed E-state index contributed by atoms with van der Waals surface area (Å²) in [6.45, 7) is 0. The van der Waals surface area contributed by atoms with Crippen LogP contribution in [0.1, 0.15) is 17.3 Å². The van der Waals surface area contributed by atoms with Gasteiger partial charge >= 0.3 is 11.9 Å². The lowest BCUT2D eigenvalue weighted by Crippen LogP contribution is -2.33. The third-order valence-electron chi connectivity index (χ3n) is 3.18. The summed E-state index contributed by atoms with van der Waals surface area (Å²) in [6, 6.07) is 5.99. The van der Waals surface area contributed by atoms with Gasteiger partial charge in [-0.2, -0.15) is 14.0 Å². The van der Waals surface area contributed by atoms with E-state index in [9.17, 15) is 26.7 Å². The Morgan fingerprint density at radius 3 is 2.50 bits per heavy atom. The van der Waals surface area contributed by atoms with Crippen LogP contribution in [0.4, 0.5) is 22.0 Å². The number of halogens is 6. The first-order chi connectivity index (χ1) is 12.1. The largest absolute Gasteiger partial charge is 0.477 e. The van der Waals surface area contributed by atoms with E-state index in [0.29, 0.717) is 6.07 Å². The van der Waals surface area contributed by atoms with Crippen LogP contribution in [0.5, 0.6) is 11.5 Å². The van der Waals surface area contributed by atoms with Gasteiger partial charge in [-0.25, -0.2) is 18.0 Å². The van der Waals surface area contributed by atoms with Gasteiger partial charge in [0, 0.05) is 11.6 Å². The average Bonchev–Trinajstić information content (AvgIpc) is 2.57. The molecule has 0 aliphatic rings. The predicted molar refractivity (Wildman–Crippen MR) is 81.7 cm³/mol. The molecule has 0 aromatic heterocycles. The molecule has 4 nitrogen and oxygen atoms in total. The molecule has 0 amide bonds. The number of nitrogens with zero attached hydrogens (tertiary/aromatic N) is 1. The van der Waals surface area contributed by atoms with Crippen LogP contribution < -0.4 is 4.74 Å². The number of nitriles is 1. The molecule has 136 valence electrons. The van der Waals surface area contributed by atoms with Gasteiger partial charge in [0.2, 0.25) is 6.17 Å². The number of alkyl halides is 3. The van der Waals surface area contributed by atoms with Gasteiger partial charge in [-0.15, -0.1) is 0 Å². The number of hydrogen-bond acceptors (Lipinski definition) is 3. The summed E-state index contributed by atoms with van der Waals surface area (Å²) in [6.07, 6.45) is -3.32. The second-order valence-corrected chi connectivity index (χ2v) is 5.75. The van der Waals surface area contributed by atoms with Crippen LogP contribution in [0.15, 0.2) is 34.8 Å². The van der Waals surface area contributed by atoms with E-state index in [1.165, 1.54) is 0 Å².